The number of halogens is 2. The molecule has 1 aliphatic rings. The van der Waals surface area contributed by atoms with Crippen LogP contribution in [0.2, 0.25) is 5.02 Å². The number of benzene rings is 2. The van der Waals surface area contributed by atoms with Gasteiger partial charge in [-0.25, -0.2) is 12.8 Å². The number of piperazine rings is 1. The minimum absolute atomic E-state index is 0.000641. The number of nitrogens with one attached hydrogen (secondary N) is 2. The molecule has 0 bridgehead atoms. The molecule has 0 spiro atoms. The molecule has 3 rings (SSSR count). The number of ether oxygens (including phenoxy) is 1. The average molecular weight is 414 g/mol. The van der Waals surface area contributed by atoms with Gasteiger partial charge in [0.15, 0.2) is 0 Å². The smallest absolute Gasteiger partial charge is 0.262 e. The van der Waals surface area contributed by atoms with E-state index in [1.54, 1.807) is 26.2 Å². The first-order valence-electron chi connectivity index (χ1n) is 8.44. The van der Waals surface area contributed by atoms with Crippen LogP contribution < -0.4 is 19.7 Å². The molecule has 0 unspecified atom stereocenters. The van der Waals surface area contributed by atoms with Crippen molar-refractivity contribution in [1.29, 1.82) is 0 Å². The fourth-order valence-corrected chi connectivity index (χ4v) is 4.33. The highest BCUT2D eigenvalue weighted by molar-refractivity contribution is 7.92. The van der Waals surface area contributed by atoms with Crippen molar-refractivity contribution in [3.8, 4) is 5.75 Å². The summed E-state index contributed by atoms with van der Waals surface area (Å²) < 4.78 is 47.4. The van der Waals surface area contributed by atoms with Crippen LogP contribution in [-0.4, -0.2) is 41.7 Å². The Labute approximate surface area is 163 Å². The molecule has 146 valence electrons. The lowest BCUT2D eigenvalue weighted by Crippen LogP contribution is -2.43. The van der Waals surface area contributed by atoms with E-state index in [-0.39, 0.29) is 15.6 Å². The second-order valence-corrected chi connectivity index (χ2v) is 8.29. The van der Waals surface area contributed by atoms with Crippen molar-refractivity contribution in [1.82, 2.24) is 5.32 Å². The van der Waals surface area contributed by atoms with Crippen LogP contribution in [-0.2, 0) is 10.0 Å². The molecule has 2 aromatic rings. The second-order valence-electron chi connectivity index (χ2n) is 6.23. The van der Waals surface area contributed by atoms with Gasteiger partial charge >= 0.3 is 0 Å². The van der Waals surface area contributed by atoms with E-state index in [2.05, 4.69) is 14.9 Å². The first-order valence-corrected chi connectivity index (χ1v) is 10.3. The lowest BCUT2D eigenvalue weighted by Gasteiger charge is -2.30. The first kappa shape index (κ1) is 19.7. The summed E-state index contributed by atoms with van der Waals surface area (Å²) in [7, 11) is -2.41. The molecule has 2 N–H and O–H groups in total. The lowest BCUT2D eigenvalue weighted by atomic mass is 10.2. The van der Waals surface area contributed by atoms with Crippen LogP contribution in [0.25, 0.3) is 0 Å². The van der Waals surface area contributed by atoms with E-state index in [0.717, 1.165) is 26.2 Å². The van der Waals surface area contributed by atoms with Crippen molar-refractivity contribution in [3.63, 3.8) is 0 Å². The van der Waals surface area contributed by atoms with Crippen molar-refractivity contribution >= 4 is 33.0 Å². The minimum Gasteiger partial charge on any atom is -0.495 e. The van der Waals surface area contributed by atoms with Gasteiger partial charge in [-0.2, -0.15) is 0 Å². The van der Waals surface area contributed by atoms with Crippen LogP contribution in [0.3, 0.4) is 0 Å². The molecule has 1 aliphatic heterocycles. The lowest BCUT2D eigenvalue weighted by molar-refractivity contribution is 0.412. The Morgan fingerprint density at radius 3 is 2.59 bits per heavy atom. The Hall–Kier alpha value is -2.03. The highest BCUT2D eigenvalue weighted by Gasteiger charge is 2.22. The number of anilines is 2. The molecule has 2 aromatic carbocycles. The van der Waals surface area contributed by atoms with Crippen LogP contribution >= 0.6 is 11.6 Å². The van der Waals surface area contributed by atoms with Crippen LogP contribution in [0, 0.1) is 12.7 Å². The zero-order valence-corrected chi connectivity index (χ0v) is 16.6. The maximum atomic E-state index is 14.0. The maximum absolute atomic E-state index is 14.0. The molecule has 0 radical (unpaired) electrons. The maximum Gasteiger partial charge on any atom is 0.262 e. The van der Waals surface area contributed by atoms with Gasteiger partial charge in [0.2, 0.25) is 0 Å². The van der Waals surface area contributed by atoms with Crippen LogP contribution in [0.1, 0.15) is 5.56 Å². The van der Waals surface area contributed by atoms with Crippen molar-refractivity contribution in [2.75, 3.05) is 42.9 Å². The second kappa shape index (κ2) is 7.92. The largest absolute Gasteiger partial charge is 0.495 e. The number of nitrogens with zero attached hydrogens (tertiary/aromatic N) is 1. The highest BCUT2D eigenvalue weighted by Crippen LogP contribution is 2.33. The topological polar surface area (TPSA) is 70.7 Å². The van der Waals surface area contributed by atoms with Gasteiger partial charge in [-0.1, -0.05) is 17.7 Å². The van der Waals surface area contributed by atoms with E-state index in [9.17, 15) is 12.8 Å². The van der Waals surface area contributed by atoms with Gasteiger partial charge in [0.05, 0.1) is 23.4 Å². The zero-order valence-electron chi connectivity index (χ0n) is 15.1. The predicted molar refractivity (Wildman–Crippen MR) is 105 cm³/mol. The van der Waals surface area contributed by atoms with E-state index in [4.69, 9.17) is 16.3 Å². The molecule has 1 heterocycles. The summed E-state index contributed by atoms with van der Waals surface area (Å²) in [6, 6.07) is 7.54. The number of hydrogen-bond acceptors (Lipinski definition) is 5. The van der Waals surface area contributed by atoms with Gasteiger partial charge in [0.25, 0.3) is 10.0 Å². The SMILES string of the molecule is COc1ccc(S(=O)(=O)Nc2ccc(C)c(F)c2Cl)cc1N1CCNCC1. The quantitative estimate of drug-likeness (QED) is 0.788. The fourth-order valence-electron chi connectivity index (χ4n) is 2.92. The minimum atomic E-state index is -3.95. The zero-order chi connectivity index (χ0) is 19.6. The van der Waals surface area contributed by atoms with Crippen LogP contribution in [0.5, 0.6) is 5.75 Å². The van der Waals surface area contributed by atoms with Gasteiger partial charge in [0, 0.05) is 26.2 Å². The molecule has 1 fully saturated rings. The summed E-state index contributed by atoms with van der Waals surface area (Å²) in [5.74, 6) is -0.0524. The molecule has 1 saturated heterocycles. The Kier molecular flexibility index (Phi) is 5.78. The van der Waals surface area contributed by atoms with Gasteiger partial charge in [-0.3, -0.25) is 4.72 Å². The summed E-state index contributed by atoms with van der Waals surface area (Å²) in [5, 5.41) is 3.00. The first-order chi connectivity index (χ1) is 12.8. The van der Waals surface area contributed by atoms with Gasteiger partial charge < -0.3 is 15.0 Å². The Morgan fingerprint density at radius 2 is 1.93 bits per heavy atom. The number of hydrogen-bond donors (Lipinski definition) is 2. The third-order valence-corrected chi connectivity index (χ3v) is 6.17. The molecule has 0 saturated carbocycles. The van der Waals surface area contributed by atoms with Crippen molar-refractivity contribution in [3.05, 3.63) is 46.7 Å². The summed E-state index contributed by atoms with van der Waals surface area (Å²) in [4.78, 5) is 2.11. The summed E-state index contributed by atoms with van der Waals surface area (Å²) in [6.45, 7) is 4.64. The standard InChI is InChI=1S/C18H21ClFN3O3S/c1-12-3-5-14(17(19)18(12)20)22-27(24,25)13-4-6-16(26-2)15(11-13)23-9-7-21-8-10-23/h3-6,11,21-22H,7-10H2,1-2H3. The molecule has 27 heavy (non-hydrogen) atoms. The monoisotopic (exact) mass is 413 g/mol. The van der Waals surface area contributed by atoms with Gasteiger partial charge in [0.1, 0.15) is 16.6 Å². The molecular formula is C18H21ClFN3O3S. The molecular weight excluding hydrogens is 393 g/mol. The van der Waals surface area contributed by atoms with E-state index >= 15 is 0 Å². The number of methoxy groups -OCH3 is 1. The van der Waals surface area contributed by atoms with Crippen molar-refractivity contribution in [2.24, 2.45) is 0 Å². The molecule has 0 atom stereocenters. The predicted octanol–water partition coefficient (Wildman–Crippen LogP) is 3.01. The summed E-state index contributed by atoms with van der Waals surface area (Å²) in [5.41, 5.74) is 1.04. The molecule has 9 heteroatoms. The van der Waals surface area contributed by atoms with E-state index in [0.29, 0.717) is 17.0 Å². The Bertz CT molecular complexity index is 947. The molecule has 0 amide bonds. The number of sulfonamides is 1. The van der Waals surface area contributed by atoms with Gasteiger partial charge in [-0.15, -0.1) is 0 Å². The summed E-state index contributed by atoms with van der Waals surface area (Å²) >= 11 is 5.96. The highest BCUT2D eigenvalue weighted by atomic mass is 35.5. The molecule has 0 aliphatic carbocycles. The van der Waals surface area contributed by atoms with E-state index in [1.807, 2.05) is 0 Å². The average Bonchev–Trinajstić information content (AvgIpc) is 2.68. The van der Waals surface area contributed by atoms with E-state index in [1.165, 1.54) is 18.2 Å². The summed E-state index contributed by atoms with van der Waals surface area (Å²) in [6.07, 6.45) is 0. The fraction of sp³-hybridized carbons (Fsp3) is 0.333. The van der Waals surface area contributed by atoms with Crippen LogP contribution in [0.15, 0.2) is 35.2 Å². The van der Waals surface area contributed by atoms with Crippen LogP contribution in [0.4, 0.5) is 15.8 Å². The number of aryl methyl sites for hydroxylation is 1. The normalized spacial score (nSPS) is 14.9. The van der Waals surface area contributed by atoms with Crippen molar-refractivity contribution in [2.45, 2.75) is 11.8 Å². The Morgan fingerprint density at radius 1 is 1.22 bits per heavy atom. The third kappa shape index (κ3) is 4.12. The van der Waals surface area contributed by atoms with Gasteiger partial charge in [-0.05, 0) is 36.8 Å². The molecule has 0 aromatic heterocycles. The van der Waals surface area contributed by atoms with Crippen molar-refractivity contribution < 1.29 is 17.5 Å². The number of rotatable bonds is 5. The third-order valence-electron chi connectivity index (χ3n) is 4.44. The molecule has 6 nitrogen and oxygen atoms in total. The van der Waals surface area contributed by atoms with E-state index < -0.39 is 15.8 Å². The Balaban J connectivity index is 1.96.